The van der Waals surface area contributed by atoms with Gasteiger partial charge in [-0.3, -0.25) is 0 Å². The van der Waals surface area contributed by atoms with Gasteiger partial charge in [0.05, 0.1) is 5.75 Å². The normalized spacial score (nSPS) is 13.1. The van der Waals surface area contributed by atoms with Crippen molar-refractivity contribution in [2.75, 3.05) is 0 Å². The van der Waals surface area contributed by atoms with Crippen LogP contribution in [0.3, 0.4) is 0 Å². The highest BCUT2D eigenvalue weighted by Crippen LogP contribution is 2.23. The standard InChI is InChI=1S/C15H14Cl2FNO2S/c1-10(11-3-6-14(18)7-4-11)19-22(20,21)9-12-2-5-13(16)8-15(12)17/h2-8,10,19H,9H2,1H3/t10-/m0/s1. The molecule has 0 radical (unpaired) electrons. The highest BCUT2D eigenvalue weighted by atomic mass is 35.5. The first kappa shape index (κ1) is 17.2. The lowest BCUT2D eigenvalue weighted by molar-refractivity contribution is 0.565. The number of hydrogen-bond acceptors (Lipinski definition) is 2. The minimum absolute atomic E-state index is 0.255. The molecule has 0 bridgehead atoms. The van der Waals surface area contributed by atoms with Crippen molar-refractivity contribution in [3.05, 3.63) is 69.5 Å². The van der Waals surface area contributed by atoms with Crippen LogP contribution in [0, 0.1) is 5.82 Å². The van der Waals surface area contributed by atoms with Gasteiger partial charge in [0.25, 0.3) is 0 Å². The van der Waals surface area contributed by atoms with Crippen molar-refractivity contribution in [2.45, 2.75) is 18.7 Å². The molecule has 118 valence electrons. The molecule has 7 heteroatoms. The van der Waals surface area contributed by atoms with Crippen LogP contribution in [-0.4, -0.2) is 8.42 Å². The van der Waals surface area contributed by atoms with Crippen LogP contribution in [0.2, 0.25) is 10.0 Å². The Balaban J connectivity index is 2.12. The summed E-state index contributed by atoms with van der Waals surface area (Å²) in [6, 6.07) is 9.84. The SMILES string of the molecule is C[C@H](NS(=O)(=O)Cc1ccc(Cl)cc1Cl)c1ccc(F)cc1. The fraction of sp³-hybridized carbons (Fsp3) is 0.200. The first-order valence-electron chi connectivity index (χ1n) is 6.46. The maximum absolute atomic E-state index is 12.9. The molecule has 0 aliphatic rings. The average molecular weight is 362 g/mol. The Morgan fingerprint density at radius 3 is 2.36 bits per heavy atom. The Hall–Kier alpha value is -1.14. The van der Waals surface area contributed by atoms with Crippen LogP contribution in [0.4, 0.5) is 4.39 Å². The topological polar surface area (TPSA) is 46.2 Å². The predicted octanol–water partition coefficient (Wildman–Crippen LogP) is 4.31. The Morgan fingerprint density at radius 1 is 1.14 bits per heavy atom. The molecule has 3 nitrogen and oxygen atoms in total. The van der Waals surface area contributed by atoms with Crippen LogP contribution >= 0.6 is 23.2 Å². The molecular formula is C15H14Cl2FNO2S. The molecule has 0 heterocycles. The zero-order chi connectivity index (χ0) is 16.3. The Morgan fingerprint density at radius 2 is 1.77 bits per heavy atom. The molecule has 0 spiro atoms. The summed E-state index contributed by atoms with van der Waals surface area (Å²) in [7, 11) is -3.60. The van der Waals surface area contributed by atoms with Crippen LogP contribution in [0.15, 0.2) is 42.5 Å². The Kier molecular flexibility index (Phi) is 5.45. The molecule has 2 rings (SSSR count). The van der Waals surface area contributed by atoms with Crippen LogP contribution in [0.1, 0.15) is 24.1 Å². The maximum atomic E-state index is 12.9. The molecule has 0 unspecified atom stereocenters. The number of sulfonamides is 1. The van der Waals surface area contributed by atoms with Crippen molar-refractivity contribution in [3.63, 3.8) is 0 Å². The average Bonchev–Trinajstić information content (AvgIpc) is 2.42. The lowest BCUT2D eigenvalue weighted by atomic mass is 10.1. The summed E-state index contributed by atoms with van der Waals surface area (Å²) in [4.78, 5) is 0. The number of rotatable bonds is 5. The van der Waals surface area contributed by atoms with E-state index in [-0.39, 0.29) is 11.6 Å². The van der Waals surface area contributed by atoms with E-state index in [4.69, 9.17) is 23.2 Å². The summed E-state index contributed by atoms with van der Waals surface area (Å²) in [5.74, 6) is -0.624. The second-order valence-corrected chi connectivity index (χ2v) is 7.48. The third-order valence-corrected chi connectivity index (χ3v) is 5.08. The largest absolute Gasteiger partial charge is 0.216 e. The third-order valence-electron chi connectivity index (χ3n) is 3.09. The molecule has 1 N–H and O–H groups in total. The number of hydrogen-bond donors (Lipinski definition) is 1. The Bertz CT molecular complexity index is 764. The lowest BCUT2D eigenvalue weighted by Gasteiger charge is -2.15. The summed E-state index contributed by atoms with van der Waals surface area (Å²) in [6.07, 6.45) is 0. The van der Waals surface area contributed by atoms with Crippen LogP contribution in [0.25, 0.3) is 0 Å². The quantitative estimate of drug-likeness (QED) is 0.861. The van der Waals surface area contributed by atoms with Gasteiger partial charge in [0.1, 0.15) is 5.82 Å². The van der Waals surface area contributed by atoms with Crippen molar-refractivity contribution in [3.8, 4) is 0 Å². The van der Waals surface area contributed by atoms with Crippen molar-refractivity contribution >= 4 is 33.2 Å². The third kappa shape index (κ3) is 4.68. The van der Waals surface area contributed by atoms with Gasteiger partial charge in [-0.15, -0.1) is 0 Å². The zero-order valence-electron chi connectivity index (χ0n) is 11.7. The van der Waals surface area contributed by atoms with E-state index in [9.17, 15) is 12.8 Å². The first-order chi connectivity index (χ1) is 10.3. The summed E-state index contributed by atoms with van der Waals surface area (Å²) >= 11 is 11.8. The van der Waals surface area contributed by atoms with Gasteiger partial charge in [0.2, 0.25) is 10.0 Å². The molecule has 0 aromatic heterocycles. The molecule has 22 heavy (non-hydrogen) atoms. The summed E-state index contributed by atoms with van der Waals surface area (Å²) in [6.45, 7) is 1.69. The minimum Gasteiger partial charge on any atom is -0.212 e. The van der Waals surface area contributed by atoms with Gasteiger partial charge in [-0.2, -0.15) is 0 Å². The van der Waals surface area contributed by atoms with E-state index >= 15 is 0 Å². The molecule has 0 saturated carbocycles. The lowest BCUT2D eigenvalue weighted by Crippen LogP contribution is -2.28. The van der Waals surface area contributed by atoms with Crippen LogP contribution in [0.5, 0.6) is 0 Å². The van der Waals surface area contributed by atoms with E-state index < -0.39 is 16.1 Å². The molecule has 1 atom stereocenters. The van der Waals surface area contributed by atoms with E-state index in [1.165, 1.54) is 30.3 Å². The highest BCUT2D eigenvalue weighted by molar-refractivity contribution is 7.88. The van der Waals surface area contributed by atoms with Crippen molar-refractivity contribution in [1.82, 2.24) is 4.72 Å². The van der Waals surface area contributed by atoms with Crippen LogP contribution < -0.4 is 4.72 Å². The van der Waals surface area contributed by atoms with E-state index in [1.807, 2.05) is 0 Å². The molecule has 0 saturated heterocycles. The molecule has 0 aliphatic heterocycles. The van der Waals surface area contributed by atoms with Crippen molar-refractivity contribution in [1.29, 1.82) is 0 Å². The second kappa shape index (κ2) is 6.96. The number of benzene rings is 2. The molecule has 0 amide bonds. The monoisotopic (exact) mass is 361 g/mol. The van der Waals surface area contributed by atoms with E-state index in [1.54, 1.807) is 19.1 Å². The molecule has 0 aliphatic carbocycles. The van der Waals surface area contributed by atoms with Crippen molar-refractivity contribution in [2.24, 2.45) is 0 Å². The van der Waals surface area contributed by atoms with E-state index in [2.05, 4.69) is 4.72 Å². The smallest absolute Gasteiger partial charge is 0.212 e. The van der Waals surface area contributed by atoms with Gasteiger partial charge >= 0.3 is 0 Å². The fourth-order valence-corrected chi connectivity index (χ4v) is 3.95. The number of nitrogens with one attached hydrogen (secondary N) is 1. The summed E-state index contributed by atoms with van der Waals surface area (Å²) < 4.78 is 39.9. The van der Waals surface area contributed by atoms with Crippen LogP contribution in [-0.2, 0) is 15.8 Å². The van der Waals surface area contributed by atoms with Gasteiger partial charge in [0, 0.05) is 16.1 Å². The van der Waals surface area contributed by atoms with E-state index in [0.717, 1.165) is 0 Å². The highest BCUT2D eigenvalue weighted by Gasteiger charge is 2.18. The van der Waals surface area contributed by atoms with Gasteiger partial charge in [0.15, 0.2) is 0 Å². The van der Waals surface area contributed by atoms with Gasteiger partial charge in [-0.1, -0.05) is 41.4 Å². The van der Waals surface area contributed by atoms with Gasteiger partial charge in [-0.25, -0.2) is 17.5 Å². The fourth-order valence-electron chi connectivity index (χ4n) is 1.97. The molecule has 2 aromatic carbocycles. The zero-order valence-corrected chi connectivity index (χ0v) is 14.0. The molecular weight excluding hydrogens is 348 g/mol. The van der Waals surface area contributed by atoms with E-state index in [0.29, 0.717) is 21.2 Å². The maximum Gasteiger partial charge on any atom is 0.216 e. The minimum atomic E-state index is -3.60. The predicted molar refractivity (Wildman–Crippen MR) is 87.0 cm³/mol. The first-order valence-corrected chi connectivity index (χ1v) is 8.87. The summed E-state index contributed by atoms with van der Waals surface area (Å²) in [5, 5.41) is 0.742. The Labute approximate surface area is 139 Å². The molecule has 0 fully saturated rings. The van der Waals surface area contributed by atoms with Gasteiger partial charge in [-0.05, 0) is 42.3 Å². The second-order valence-electron chi connectivity index (χ2n) is 4.89. The summed E-state index contributed by atoms with van der Waals surface area (Å²) in [5.41, 5.74) is 1.14. The number of halogens is 3. The molecule has 2 aromatic rings. The van der Waals surface area contributed by atoms with Gasteiger partial charge < -0.3 is 0 Å². The van der Waals surface area contributed by atoms with Crippen molar-refractivity contribution < 1.29 is 12.8 Å².